The van der Waals surface area contributed by atoms with Crippen LogP contribution in [-0.2, 0) is 0 Å². The fourth-order valence-corrected chi connectivity index (χ4v) is 2.23. The van der Waals surface area contributed by atoms with Crippen molar-refractivity contribution in [3.05, 3.63) is 17.6 Å². The zero-order chi connectivity index (χ0) is 13.0. The summed E-state index contributed by atoms with van der Waals surface area (Å²) in [4.78, 5) is 13.7. The summed E-state index contributed by atoms with van der Waals surface area (Å²) in [7, 11) is 0. The lowest BCUT2D eigenvalue weighted by Gasteiger charge is -2.35. The van der Waals surface area contributed by atoms with E-state index in [1.54, 1.807) is 0 Å². The van der Waals surface area contributed by atoms with Gasteiger partial charge in [0.25, 0.3) is 0 Å². The molecule has 18 heavy (non-hydrogen) atoms. The lowest BCUT2D eigenvalue weighted by atomic mass is 10.2. The van der Waals surface area contributed by atoms with Gasteiger partial charge < -0.3 is 4.90 Å². The molecule has 0 amide bonds. The van der Waals surface area contributed by atoms with Crippen molar-refractivity contribution in [2.24, 2.45) is 0 Å². The van der Waals surface area contributed by atoms with E-state index in [0.29, 0.717) is 0 Å². The number of piperazine rings is 1. The highest BCUT2D eigenvalue weighted by atomic mass is 15.3. The van der Waals surface area contributed by atoms with Crippen molar-refractivity contribution in [1.82, 2.24) is 14.9 Å². The van der Waals surface area contributed by atoms with Crippen LogP contribution >= 0.6 is 0 Å². The van der Waals surface area contributed by atoms with E-state index in [-0.39, 0.29) is 0 Å². The summed E-state index contributed by atoms with van der Waals surface area (Å²) in [6.45, 7) is 9.12. The van der Waals surface area contributed by atoms with Crippen LogP contribution < -0.4 is 4.90 Å². The highest BCUT2D eigenvalue weighted by Gasteiger charge is 2.19. The van der Waals surface area contributed by atoms with Crippen molar-refractivity contribution in [3.8, 4) is 12.3 Å². The van der Waals surface area contributed by atoms with Gasteiger partial charge >= 0.3 is 0 Å². The largest absolute Gasteiger partial charge is 0.353 e. The first kappa shape index (κ1) is 12.8. The molecule has 0 saturated carbocycles. The SMILES string of the molecule is C#CCCN1CCN(c2nc(C)cnc2C)CC1. The fourth-order valence-electron chi connectivity index (χ4n) is 2.23. The maximum atomic E-state index is 5.30. The van der Waals surface area contributed by atoms with Crippen molar-refractivity contribution in [2.45, 2.75) is 20.3 Å². The third kappa shape index (κ3) is 2.99. The Morgan fingerprint density at radius 1 is 1.28 bits per heavy atom. The van der Waals surface area contributed by atoms with Gasteiger partial charge in [-0.3, -0.25) is 9.88 Å². The first-order valence-corrected chi connectivity index (χ1v) is 6.41. The minimum Gasteiger partial charge on any atom is -0.353 e. The van der Waals surface area contributed by atoms with Crippen molar-refractivity contribution >= 4 is 5.82 Å². The molecule has 0 atom stereocenters. The van der Waals surface area contributed by atoms with Crippen molar-refractivity contribution in [3.63, 3.8) is 0 Å². The van der Waals surface area contributed by atoms with Gasteiger partial charge in [0.1, 0.15) is 5.82 Å². The number of hydrogen-bond acceptors (Lipinski definition) is 4. The summed E-state index contributed by atoms with van der Waals surface area (Å²) in [6.07, 6.45) is 7.95. The van der Waals surface area contributed by atoms with Crippen LogP contribution in [0.5, 0.6) is 0 Å². The maximum absolute atomic E-state index is 5.30. The van der Waals surface area contributed by atoms with E-state index in [1.165, 1.54) is 0 Å². The van der Waals surface area contributed by atoms with Crippen molar-refractivity contribution in [2.75, 3.05) is 37.6 Å². The number of hydrogen-bond donors (Lipinski definition) is 0. The molecular weight excluding hydrogens is 224 g/mol. The van der Waals surface area contributed by atoms with Crippen LogP contribution in [0.1, 0.15) is 17.8 Å². The zero-order valence-corrected chi connectivity index (χ0v) is 11.2. The third-order valence-corrected chi connectivity index (χ3v) is 3.30. The van der Waals surface area contributed by atoms with E-state index in [2.05, 4.69) is 25.7 Å². The van der Waals surface area contributed by atoms with Crippen LogP contribution in [0.2, 0.25) is 0 Å². The van der Waals surface area contributed by atoms with E-state index >= 15 is 0 Å². The summed E-state index contributed by atoms with van der Waals surface area (Å²) in [5, 5.41) is 0. The predicted octanol–water partition coefficient (Wildman–Crippen LogP) is 1.24. The molecule has 4 nitrogen and oxygen atoms in total. The normalized spacial score (nSPS) is 16.6. The average Bonchev–Trinajstić information content (AvgIpc) is 2.40. The first-order chi connectivity index (χ1) is 8.70. The minimum atomic E-state index is 0.837. The van der Waals surface area contributed by atoms with Crippen LogP contribution in [0.25, 0.3) is 0 Å². The molecule has 1 saturated heterocycles. The van der Waals surface area contributed by atoms with Crippen LogP contribution in [0.15, 0.2) is 6.20 Å². The smallest absolute Gasteiger partial charge is 0.150 e. The molecular formula is C14H20N4. The molecule has 2 rings (SSSR count). The Morgan fingerprint density at radius 3 is 2.67 bits per heavy atom. The monoisotopic (exact) mass is 244 g/mol. The maximum Gasteiger partial charge on any atom is 0.150 e. The molecule has 1 aliphatic rings. The number of aromatic nitrogens is 2. The van der Waals surface area contributed by atoms with Gasteiger partial charge in [0.05, 0.1) is 11.4 Å². The van der Waals surface area contributed by atoms with E-state index in [4.69, 9.17) is 6.42 Å². The van der Waals surface area contributed by atoms with Gasteiger partial charge in [0, 0.05) is 45.3 Å². The molecule has 1 fully saturated rings. The Hall–Kier alpha value is -1.60. The first-order valence-electron chi connectivity index (χ1n) is 6.41. The zero-order valence-electron chi connectivity index (χ0n) is 11.2. The van der Waals surface area contributed by atoms with Gasteiger partial charge in [-0.2, -0.15) is 0 Å². The van der Waals surface area contributed by atoms with E-state index < -0.39 is 0 Å². The molecule has 0 aromatic carbocycles. The summed E-state index contributed by atoms with van der Waals surface area (Å²) >= 11 is 0. The Morgan fingerprint density at radius 2 is 2.00 bits per heavy atom. The second-order valence-electron chi connectivity index (χ2n) is 4.70. The second kappa shape index (κ2) is 5.83. The van der Waals surface area contributed by atoms with Crippen molar-refractivity contribution in [1.29, 1.82) is 0 Å². The van der Waals surface area contributed by atoms with E-state index in [1.807, 2.05) is 20.0 Å². The number of anilines is 1. The molecule has 1 aromatic heterocycles. The van der Waals surface area contributed by atoms with Gasteiger partial charge in [-0.15, -0.1) is 12.3 Å². The van der Waals surface area contributed by atoms with Gasteiger partial charge in [-0.1, -0.05) is 0 Å². The molecule has 0 unspecified atom stereocenters. The fraction of sp³-hybridized carbons (Fsp3) is 0.571. The molecule has 0 spiro atoms. The topological polar surface area (TPSA) is 32.3 Å². The standard InChI is InChI=1S/C14H20N4/c1-4-5-6-17-7-9-18(10-8-17)14-13(3)15-11-12(2)16-14/h1,11H,5-10H2,2-3H3. The predicted molar refractivity (Wildman–Crippen MR) is 73.6 cm³/mol. The molecule has 0 N–H and O–H groups in total. The Bertz CT molecular complexity index is 442. The molecule has 1 aliphatic heterocycles. The van der Waals surface area contributed by atoms with Gasteiger partial charge in [0.2, 0.25) is 0 Å². The van der Waals surface area contributed by atoms with E-state index in [0.717, 1.165) is 56.4 Å². The summed E-state index contributed by atoms with van der Waals surface area (Å²) in [5.41, 5.74) is 1.99. The van der Waals surface area contributed by atoms with Gasteiger partial charge in [0.15, 0.2) is 0 Å². The second-order valence-corrected chi connectivity index (χ2v) is 4.70. The van der Waals surface area contributed by atoms with Crippen LogP contribution in [-0.4, -0.2) is 47.6 Å². The van der Waals surface area contributed by atoms with E-state index in [9.17, 15) is 0 Å². The highest BCUT2D eigenvalue weighted by molar-refractivity contribution is 5.43. The van der Waals surface area contributed by atoms with Crippen LogP contribution in [0.4, 0.5) is 5.82 Å². The van der Waals surface area contributed by atoms with Crippen molar-refractivity contribution < 1.29 is 0 Å². The number of terminal acetylenes is 1. The Labute approximate surface area is 109 Å². The molecule has 0 aliphatic carbocycles. The lowest BCUT2D eigenvalue weighted by Crippen LogP contribution is -2.47. The summed E-state index contributed by atoms with van der Waals surface area (Å²) in [6, 6.07) is 0. The lowest BCUT2D eigenvalue weighted by molar-refractivity contribution is 0.263. The molecule has 0 radical (unpaired) electrons. The number of aryl methyl sites for hydroxylation is 2. The molecule has 2 heterocycles. The summed E-state index contributed by atoms with van der Waals surface area (Å²) < 4.78 is 0. The quantitative estimate of drug-likeness (QED) is 0.749. The average molecular weight is 244 g/mol. The number of rotatable bonds is 3. The Kier molecular flexibility index (Phi) is 4.16. The minimum absolute atomic E-state index is 0.837. The highest BCUT2D eigenvalue weighted by Crippen LogP contribution is 2.17. The number of nitrogens with zero attached hydrogens (tertiary/aromatic N) is 4. The van der Waals surface area contributed by atoms with Crippen LogP contribution in [0, 0.1) is 26.2 Å². The third-order valence-electron chi connectivity index (χ3n) is 3.30. The molecule has 96 valence electrons. The Balaban J connectivity index is 1.97. The molecule has 4 heteroatoms. The molecule has 0 bridgehead atoms. The summed E-state index contributed by atoms with van der Waals surface area (Å²) in [5.74, 6) is 3.73. The van der Waals surface area contributed by atoms with Crippen LogP contribution in [0.3, 0.4) is 0 Å². The molecule has 1 aromatic rings. The van der Waals surface area contributed by atoms with Gasteiger partial charge in [-0.05, 0) is 13.8 Å². The van der Waals surface area contributed by atoms with Gasteiger partial charge in [-0.25, -0.2) is 4.98 Å².